The highest BCUT2D eigenvalue weighted by atomic mass is 16.5. The molecule has 1 aromatic heterocycles. The molecule has 0 spiro atoms. The third kappa shape index (κ3) is 6.14. The molecule has 0 unspecified atom stereocenters. The molecule has 1 amide bonds. The van der Waals surface area contributed by atoms with Gasteiger partial charge in [-0.2, -0.15) is 0 Å². The van der Waals surface area contributed by atoms with E-state index in [0.717, 1.165) is 11.1 Å². The highest BCUT2D eigenvalue weighted by Crippen LogP contribution is 2.25. The van der Waals surface area contributed by atoms with E-state index in [1.54, 1.807) is 19.1 Å². The molecule has 166 valence electrons. The van der Waals surface area contributed by atoms with Crippen LogP contribution < -0.4 is 5.32 Å². The topological polar surface area (TPSA) is 94.6 Å². The molecule has 7 nitrogen and oxygen atoms in total. The maximum Gasteiger partial charge on any atom is 0.339 e. The van der Waals surface area contributed by atoms with Crippen LogP contribution >= 0.6 is 0 Å². The first-order chi connectivity index (χ1) is 15.5. The van der Waals surface area contributed by atoms with Gasteiger partial charge in [0.05, 0.1) is 23.4 Å². The molecule has 0 bridgehead atoms. The molecule has 2 aromatic carbocycles. The molecular formula is C25H26N2O5. The van der Waals surface area contributed by atoms with Gasteiger partial charge in [-0.3, -0.25) is 9.59 Å². The maximum absolute atomic E-state index is 12.8. The molecule has 0 atom stereocenters. The molecule has 3 aromatic rings. The van der Waals surface area contributed by atoms with Crippen LogP contribution in [0.5, 0.6) is 0 Å². The largest absolute Gasteiger partial charge is 0.466 e. The molecule has 0 saturated carbocycles. The van der Waals surface area contributed by atoms with E-state index in [1.165, 1.54) is 0 Å². The van der Waals surface area contributed by atoms with Crippen molar-refractivity contribution in [2.45, 2.75) is 26.7 Å². The Kier molecular flexibility index (Phi) is 7.91. The van der Waals surface area contributed by atoms with Gasteiger partial charge >= 0.3 is 11.9 Å². The van der Waals surface area contributed by atoms with Crippen molar-refractivity contribution in [1.82, 2.24) is 10.3 Å². The minimum Gasteiger partial charge on any atom is -0.466 e. The fraction of sp³-hybridized carbons (Fsp3) is 0.280. The van der Waals surface area contributed by atoms with Gasteiger partial charge < -0.3 is 14.8 Å². The number of carbonyl (C=O) groups is 3. The number of hydrogen-bond donors (Lipinski definition) is 1. The van der Waals surface area contributed by atoms with E-state index in [2.05, 4.69) is 10.3 Å². The first-order valence-corrected chi connectivity index (χ1v) is 10.5. The maximum atomic E-state index is 12.8. The van der Waals surface area contributed by atoms with Crippen LogP contribution in [0.15, 0.2) is 54.6 Å². The van der Waals surface area contributed by atoms with Crippen molar-refractivity contribution in [3.63, 3.8) is 0 Å². The Morgan fingerprint density at radius 2 is 1.75 bits per heavy atom. The van der Waals surface area contributed by atoms with Crippen molar-refractivity contribution in [1.29, 1.82) is 0 Å². The summed E-state index contributed by atoms with van der Waals surface area (Å²) in [7, 11) is 0. The van der Waals surface area contributed by atoms with Crippen molar-refractivity contribution in [2.24, 2.45) is 0 Å². The number of aryl methyl sites for hydroxylation is 1. The van der Waals surface area contributed by atoms with Crippen molar-refractivity contribution in [3.05, 3.63) is 65.7 Å². The Labute approximate surface area is 186 Å². The van der Waals surface area contributed by atoms with Crippen molar-refractivity contribution >= 4 is 28.7 Å². The van der Waals surface area contributed by atoms with Gasteiger partial charge in [0.25, 0.3) is 5.91 Å². The fourth-order valence-electron chi connectivity index (χ4n) is 3.17. The number of benzene rings is 2. The van der Waals surface area contributed by atoms with Gasteiger partial charge in [-0.15, -0.1) is 0 Å². The number of rotatable bonds is 9. The summed E-state index contributed by atoms with van der Waals surface area (Å²) in [6.07, 6.45) is 0.673. The number of carbonyl (C=O) groups excluding carboxylic acids is 3. The Morgan fingerprint density at radius 3 is 2.50 bits per heavy atom. The van der Waals surface area contributed by atoms with Gasteiger partial charge in [0.1, 0.15) is 0 Å². The Morgan fingerprint density at radius 1 is 1.00 bits per heavy atom. The number of pyridine rings is 1. The lowest BCUT2D eigenvalue weighted by atomic mass is 10.0. The molecule has 0 saturated heterocycles. The number of nitrogens with one attached hydrogen (secondary N) is 1. The number of esters is 2. The lowest BCUT2D eigenvalue weighted by molar-refractivity contribution is -0.143. The van der Waals surface area contributed by atoms with Crippen LogP contribution in [-0.2, 0) is 19.1 Å². The standard InChI is InChI=1S/C25H26N2O5/c1-3-31-24(29)9-6-14-26-23(28)16-32-25(30)20-15-22(18-12-10-17(2)11-13-18)27-21-8-5-4-7-19(20)21/h4-5,7-8,10-13,15H,3,6,9,14,16H2,1-2H3,(H,26,28). The minimum absolute atomic E-state index is 0.221. The third-order valence-corrected chi connectivity index (χ3v) is 4.80. The molecule has 0 aliphatic rings. The SMILES string of the molecule is CCOC(=O)CCCNC(=O)COC(=O)c1cc(-c2ccc(C)cc2)nc2ccccc12. The van der Waals surface area contributed by atoms with Crippen LogP contribution in [0.2, 0.25) is 0 Å². The third-order valence-electron chi connectivity index (χ3n) is 4.80. The van der Waals surface area contributed by atoms with Gasteiger partial charge in [-0.1, -0.05) is 48.0 Å². The van der Waals surface area contributed by atoms with E-state index in [-0.39, 0.29) is 12.4 Å². The number of hydrogen-bond acceptors (Lipinski definition) is 6. The second-order valence-electron chi connectivity index (χ2n) is 7.27. The second-order valence-corrected chi connectivity index (χ2v) is 7.27. The van der Waals surface area contributed by atoms with E-state index >= 15 is 0 Å². The number of fused-ring (bicyclic) bond motifs is 1. The van der Waals surface area contributed by atoms with Crippen LogP contribution in [0.25, 0.3) is 22.2 Å². The summed E-state index contributed by atoms with van der Waals surface area (Å²) in [5.41, 5.74) is 3.68. The zero-order chi connectivity index (χ0) is 22.9. The normalized spacial score (nSPS) is 10.6. The van der Waals surface area contributed by atoms with E-state index in [4.69, 9.17) is 9.47 Å². The van der Waals surface area contributed by atoms with Crippen LogP contribution in [0.1, 0.15) is 35.7 Å². The predicted molar refractivity (Wildman–Crippen MR) is 121 cm³/mol. The fourth-order valence-corrected chi connectivity index (χ4v) is 3.17. The summed E-state index contributed by atoms with van der Waals surface area (Å²) in [5, 5.41) is 3.29. The molecule has 0 radical (unpaired) electrons. The number of ether oxygens (including phenoxy) is 2. The van der Waals surface area contributed by atoms with Crippen LogP contribution in [0.4, 0.5) is 0 Å². The summed E-state index contributed by atoms with van der Waals surface area (Å²) in [6.45, 7) is 3.96. The highest BCUT2D eigenvalue weighted by molar-refractivity contribution is 6.05. The van der Waals surface area contributed by atoms with E-state index in [1.807, 2.05) is 49.4 Å². The lowest BCUT2D eigenvalue weighted by Gasteiger charge is -2.11. The van der Waals surface area contributed by atoms with Gasteiger partial charge in [0, 0.05) is 23.9 Å². The minimum atomic E-state index is -0.598. The van der Waals surface area contributed by atoms with Gasteiger partial charge in [0.15, 0.2) is 6.61 Å². The molecule has 0 aliphatic carbocycles. The Balaban J connectivity index is 1.66. The van der Waals surface area contributed by atoms with Crippen LogP contribution in [-0.4, -0.2) is 42.6 Å². The molecule has 1 N–H and O–H groups in total. The summed E-state index contributed by atoms with van der Waals surface area (Å²) in [4.78, 5) is 40.8. The molecule has 0 fully saturated rings. The number of aromatic nitrogens is 1. The van der Waals surface area contributed by atoms with Gasteiger partial charge in [-0.25, -0.2) is 9.78 Å². The summed E-state index contributed by atoms with van der Waals surface area (Å²) in [5.74, 6) is -1.33. The number of amides is 1. The Bertz CT molecular complexity index is 1110. The molecule has 0 aliphatic heterocycles. The molecule has 1 heterocycles. The zero-order valence-electron chi connectivity index (χ0n) is 18.2. The van der Waals surface area contributed by atoms with Crippen LogP contribution in [0, 0.1) is 6.92 Å². The Hall–Kier alpha value is -3.74. The van der Waals surface area contributed by atoms with E-state index < -0.39 is 18.5 Å². The van der Waals surface area contributed by atoms with E-state index in [9.17, 15) is 14.4 Å². The number of para-hydroxylation sites is 1. The highest BCUT2D eigenvalue weighted by Gasteiger charge is 2.16. The first-order valence-electron chi connectivity index (χ1n) is 10.5. The van der Waals surface area contributed by atoms with Gasteiger partial charge in [-0.05, 0) is 32.4 Å². The van der Waals surface area contributed by atoms with Crippen molar-refractivity contribution < 1.29 is 23.9 Å². The number of nitrogens with zero attached hydrogens (tertiary/aromatic N) is 1. The summed E-state index contributed by atoms with van der Waals surface area (Å²) in [6, 6.07) is 16.9. The molecular weight excluding hydrogens is 408 g/mol. The van der Waals surface area contributed by atoms with Gasteiger partial charge in [0.2, 0.25) is 0 Å². The average Bonchev–Trinajstić information content (AvgIpc) is 2.80. The molecule has 32 heavy (non-hydrogen) atoms. The van der Waals surface area contributed by atoms with Crippen molar-refractivity contribution in [2.75, 3.05) is 19.8 Å². The monoisotopic (exact) mass is 434 g/mol. The first kappa shape index (κ1) is 22.9. The molecule has 7 heteroatoms. The summed E-state index contributed by atoms with van der Waals surface area (Å²) >= 11 is 0. The predicted octanol–water partition coefficient (Wildman–Crippen LogP) is 3.83. The second kappa shape index (κ2) is 11.0. The van der Waals surface area contributed by atoms with Crippen molar-refractivity contribution in [3.8, 4) is 11.3 Å². The van der Waals surface area contributed by atoms with Crippen LogP contribution in [0.3, 0.4) is 0 Å². The zero-order valence-corrected chi connectivity index (χ0v) is 18.2. The van der Waals surface area contributed by atoms with E-state index in [0.29, 0.717) is 41.7 Å². The average molecular weight is 434 g/mol. The summed E-state index contributed by atoms with van der Waals surface area (Å²) < 4.78 is 10.1. The smallest absolute Gasteiger partial charge is 0.339 e. The lowest BCUT2D eigenvalue weighted by Crippen LogP contribution is -2.30. The molecule has 3 rings (SSSR count). The quantitative estimate of drug-likeness (QED) is 0.406.